The normalized spacial score (nSPS) is 28.2. The molecule has 0 radical (unpaired) electrons. The van der Waals surface area contributed by atoms with Crippen molar-refractivity contribution in [3.63, 3.8) is 0 Å². The molecule has 2 rings (SSSR count). The van der Waals surface area contributed by atoms with Crippen LogP contribution < -0.4 is 0 Å². The van der Waals surface area contributed by atoms with Crippen molar-refractivity contribution in [2.45, 2.75) is 58.0 Å². The summed E-state index contributed by atoms with van der Waals surface area (Å²) in [4.78, 5) is 2.64. The van der Waals surface area contributed by atoms with Crippen molar-refractivity contribution in [2.24, 2.45) is 11.3 Å². The molecule has 0 spiro atoms. The van der Waals surface area contributed by atoms with Crippen LogP contribution in [-0.4, -0.2) is 41.1 Å². The molecule has 0 aromatic carbocycles. The molecule has 1 unspecified atom stereocenters. The van der Waals surface area contributed by atoms with E-state index in [2.05, 4.69) is 20.8 Å². The Balaban J connectivity index is 1.82. The van der Waals surface area contributed by atoms with Gasteiger partial charge in [-0.05, 0) is 57.0 Å². The van der Waals surface area contributed by atoms with Crippen LogP contribution in [-0.2, 0) is 0 Å². The number of halogens is 1. The van der Waals surface area contributed by atoms with Crippen LogP contribution in [0.1, 0.15) is 51.9 Å². The van der Waals surface area contributed by atoms with Crippen LogP contribution in [0.15, 0.2) is 0 Å². The van der Waals surface area contributed by atoms with E-state index in [1.54, 1.807) is 0 Å². The molecule has 1 aliphatic carbocycles. The van der Waals surface area contributed by atoms with E-state index in [1.807, 2.05) is 6.92 Å². The van der Waals surface area contributed by atoms with Gasteiger partial charge in [-0.2, -0.15) is 0 Å². The average molecular weight is 318 g/mol. The Bertz CT molecular complexity index is 243. The Labute approximate surface area is 120 Å². The Kier molecular flexibility index (Phi) is 5.52. The molecular weight excluding hydrogens is 290 g/mol. The van der Waals surface area contributed by atoms with E-state index < -0.39 is 0 Å². The van der Waals surface area contributed by atoms with Crippen LogP contribution in [0, 0.1) is 11.3 Å². The van der Waals surface area contributed by atoms with Crippen molar-refractivity contribution < 1.29 is 5.11 Å². The molecule has 18 heavy (non-hydrogen) atoms. The van der Waals surface area contributed by atoms with Crippen molar-refractivity contribution in [3.8, 4) is 0 Å². The zero-order valence-electron chi connectivity index (χ0n) is 11.7. The maximum Gasteiger partial charge on any atom is 0.0541 e. The highest BCUT2D eigenvalue weighted by Crippen LogP contribution is 2.39. The van der Waals surface area contributed by atoms with Gasteiger partial charge in [-0.1, -0.05) is 35.2 Å². The first-order chi connectivity index (χ1) is 8.65. The molecule has 2 aliphatic rings. The summed E-state index contributed by atoms with van der Waals surface area (Å²) in [5.74, 6) is 0.535. The number of piperidine rings is 1. The van der Waals surface area contributed by atoms with Crippen molar-refractivity contribution in [2.75, 3.05) is 25.0 Å². The molecule has 0 aromatic rings. The fraction of sp³-hybridized carbons (Fsp3) is 1.00. The highest BCUT2D eigenvalue weighted by atomic mass is 79.9. The number of rotatable bonds is 4. The molecule has 0 bridgehead atoms. The molecule has 0 aromatic heterocycles. The lowest BCUT2D eigenvalue weighted by molar-refractivity contribution is 0.0486. The zero-order chi connectivity index (χ0) is 13.0. The minimum Gasteiger partial charge on any atom is -0.393 e. The molecule has 1 saturated carbocycles. The molecule has 2 nitrogen and oxygen atoms in total. The Morgan fingerprint density at radius 2 is 1.83 bits per heavy atom. The first-order valence-electron chi connectivity index (χ1n) is 7.62. The van der Waals surface area contributed by atoms with Crippen LogP contribution in [0.3, 0.4) is 0 Å². The number of aliphatic hydroxyl groups is 1. The van der Waals surface area contributed by atoms with Gasteiger partial charge < -0.3 is 10.0 Å². The molecule has 1 N–H and O–H groups in total. The van der Waals surface area contributed by atoms with Crippen LogP contribution in [0.25, 0.3) is 0 Å². The summed E-state index contributed by atoms with van der Waals surface area (Å²) in [7, 11) is 0. The minimum atomic E-state index is -0.119. The smallest absolute Gasteiger partial charge is 0.0541 e. The molecule has 0 amide bonds. The summed E-state index contributed by atoms with van der Waals surface area (Å²) in [6, 6.07) is 0. The maximum absolute atomic E-state index is 9.66. The Morgan fingerprint density at radius 1 is 1.22 bits per heavy atom. The van der Waals surface area contributed by atoms with Crippen LogP contribution in [0.4, 0.5) is 0 Å². The minimum absolute atomic E-state index is 0.119. The number of hydrogen-bond acceptors (Lipinski definition) is 2. The van der Waals surface area contributed by atoms with Gasteiger partial charge in [0.05, 0.1) is 6.10 Å². The number of nitrogens with zero attached hydrogens (tertiary/aromatic N) is 1. The highest BCUT2D eigenvalue weighted by molar-refractivity contribution is 9.09. The third-order valence-electron chi connectivity index (χ3n) is 5.07. The van der Waals surface area contributed by atoms with Gasteiger partial charge in [0, 0.05) is 11.9 Å². The average Bonchev–Trinajstić information content (AvgIpc) is 2.40. The lowest BCUT2D eigenvalue weighted by Crippen LogP contribution is -2.45. The molecule has 3 heteroatoms. The van der Waals surface area contributed by atoms with Crippen LogP contribution in [0.2, 0.25) is 0 Å². The fourth-order valence-corrected chi connectivity index (χ4v) is 4.44. The molecule has 1 atom stereocenters. The van der Waals surface area contributed by atoms with Crippen molar-refractivity contribution in [1.82, 2.24) is 4.90 Å². The number of alkyl halides is 1. The van der Waals surface area contributed by atoms with Gasteiger partial charge in [0.2, 0.25) is 0 Å². The van der Waals surface area contributed by atoms with E-state index in [4.69, 9.17) is 0 Å². The second-order valence-corrected chi connectivity index (χ2v) is 7.11. The fourth-order valence-electron chi connectivity index (χ4n) is 3.70. The van der Waals surface area contributed by atoms with Gasteiger partial charge in [0.25, 0.3) is 0 Å². The topological polar surface area (TPSA) is 23.5 Å². The second-order valence-electron chi connectivity index (χ2n) is 6.55. The number of hydrogen-bond donors (Lipinski definition) is 1. The molecular formula is C15H28BrNO. The summed E-state index contributed by atoms with van der Waals surface area (Å²) in [5, 5.41) is 10.8. The van der Waals surface area contributed by atoms with Crippen molar-refractivity contribution in [1.29, 1.82) is 0 Å². The summed E-state index contributed by atoms with van der Waals surface area (Å²) in [5.41, 5.74) is 0.538. The molecule has 1 heterocycles. The van der Waals surface area contributed by atoms with Crippen LogP contribution in [0.5, 0.6) is 0 Å². The van der Waals surface area contributed by atoms with E-state index in [0.29, 0.717) is 11.3 Å². The van der Waals surface area contributed by atoms with Gasteiger partial charge in [0.15, 0.2) is 0 Å². The summed E-state index contributed by atoms with van der Waals surface area (Å²) in [6.45, 7) is 5.58. The summed E-state index contributed by atoms with van der Waals surface area (Å²) in [6.07, 6.45) is 9.28. The third kappa shape index (κ3) is 3.71. The van der Waals surface area contributed by atoms with E-state index in [-0.39, 0.29) is 6.10 Å². The predicted octanol–water partition coefficient (Wildman–Crippen LogP) is 3.42. The Hall–Kier alpha value is 0.400. The van der Waals surface area contributed by atoms with Crippen molar-refractivity contribution >= 4 is 15.9 Å². The van der Waals surface area contributed by atoms with Gasteiger partial charge in [-0.3, -0.25) is 0 Å². The molecule has 1 saturated heterocycles. The molecule has 106 valence electrons. The Morgan fingerprint density at radius 3 is 2.33 bits per heavy atom. The van der Waals surface area contributed by atoms with E-state index in [0.717, 1.165) is 5.33 Å². The first-order valence-corrected chi connectivity index (χ1v) is 8.74. The zero-order valence-corrected chi connectivity index (χ0v) is 13.3. The SMILES string of the molecule is CC(O)C1CCN(CC2(CBr)CCCCC2)CC1. The van der Waals surface area contributed by atoms with Gasteiger partial charge >= 0.3 is 0 Å². The predicted molar refractivity (Wildman–Crippen MR) is 80.2 cm³/mol. The largest absolute Gasteiger partial charge is 0.393 e. The first kappa shape index (κ1) is 14.8. The maximum atomic E-state index is 9.66. The number of likely N-dealkylation sites (tertiary alicyclic amines) is 1. The lowest BCUT2D eigenvalue weighted by Gasteiger charge is -2.42. The van der Waals surface area contributed by atoms with Crippen molar-refractivity contribution in [3.05, 3.63) is 0 Å². The van der Waals surface area contributed by atoms with E-state index in [1.165, 1.54) is 64.6 Å². The van der Waals surface area contributed by atoms with E-state index >= 15 is 0 Å². The van der Waals surface area contributed by atoms with Crippen LogP contribution >= 0.6 is 15.9 Å². The van der Waals surface area contributed by atoms with E-state index in [9.17, 15) is 5.11 Å². The highest BCUT2D eigenvalue weighted by Gasteiger charge is 2.34. The summed E-state index contributed by atoms with van der Waals surface area (Å²) >= 11 is 3.76. The van der Waals surface area contributed by atoms with Gasteiger partial charge in [0.1, 0.15) is 0 Å². The van der Waals surface area contributed by atoms with Gasteiger partial charge in [-0.15, -0.1) is 0 Å². The molecule has 1 aliphatic heterocycles. The second kappa shape index (κ2) is 6.71. The third-order valence-corrected chi connectivity index (χ3v) is 6.26. The monoisotopic (exact) mass is 317 g/mol. The quantitative estimate of drug-likeness (QED) is 0.803. The van der Waals surface area contributed by atoms with Gasteiger partial charge in [-0.25, -0.2) is 0 Å². The summed E-state index contributed by atoms with van der Waals surface area (Å²) < 4.78 is 0. The molecule has 2 fully saturated rings. The number of aliphatic hydroxyl groups excluding tert-OH is 1. The lowest BCUT2D eigenvalue weighted by atomic mass is 9.75. The standard InChI is InChI=1S/C15H28BrNO/c1-13(18)14-5-9-17(10-6-14)12-15(11-16)7-3-2-4-8-15/h13-14,18H,2-12H2,1H3.